The van der Waals surface area contributed by atoms with Crippen molar-refractivity contribution >= 4 is 29.9 Å². The molecule has 0 aromatic heterocycles. The van der Waals surface area contributed by atoms with Crippen LogP contribution in [0.3, 0.4) is 0 Å². The summed E-state index contributed by atoms with van der Waals surface area (Å²) in [5.41, 5.74) is 2.34. The number of anilines is 1. The van der Waals surface area contributed by atoms with Gasteiger partial charge in [-0.15, -0.1) is 12.6 Å². The number of amides is 1. The minimum atomic E-state index is -0.643. The normalized spacial score (nSPS) is 16.7. The Bertz CT molecular complexity index is 979. The third-order valence-corrected chi connectivity index (χ3v) is 4.81. The number of nitrogens with zero attached hydrogens (tertiary/aromatic N) is 3. The summed E-state index contributed by atoms with van der Waals surface area (Å²) >= 11 is 4.46. The summed E-state index contributed by atoms with van der Waals surface area (Å²) in [6.07, 6.45) is 0.104. The highest BCUT2D eigenvalue weighted by atomic mass is 32.1. The topological polar surface area (TPSA) is 99.3 Å². The molecule has 0 radical (unpaired) electrons. The van der Waals surface area contributed by atoms with E-state index in [1.54, 1.807) is 17.0 Å². The highest BCUT2D eigenvalue weighted by molar-refractivity contribution is 7.84. The number of hydrogen-bond donors (Lipinski definition) is 2. The van der Waals surface area contributed by atoms with Gasteiger partial charge >= 0.3 is 0 Å². The number of rotatable bonds is 4. The van der Waals surface area contributed by atoms with E-state index in [1.807, 2.05) is 37.3 Å². The predicted octanol–water partition coefficient (Wildman–Crippen LogP) is 3.46. The molecule has 27 heavy (non-hydrogen) atoms. The second kappa shape index (κ2) is 7.51. The van der Waals surface area contributed by atoms with Gasteiger partial charge in [0.15, 0.2) is 0 Å². The maximum atomic E-state index is 12.4. The van der Waals surface area contributed by atoms with E-state index in [0.717, 1.165) is 17.7 Å². The van der Waals surface area contributed by atoms with E-state index in [2.05, 4.69) is 17.9 Å². The number of carbonyl (C=O) groups excluding carboxylic acids is 1. The maximum Gasteiger partial charge on any atom is 0.269 e. The smallest absolute Gasteiger partial charge is 0.269 e. The van der Waals surface area contributed by atoms with E-state index in [1.165, 1.54) is 12.1 Å². The van der Waals surface area contributed by atoms with Crippen molar-refractivity contribution in [2.24, 2.45) is 0 Å². The SMILES string of the molecule is CCc1ccccc1N1C(S)=C(C#N)C(=O)N[C@H]1c1ccc([N+](=O)[O-])cc1. The van der Waals surface area contributed by atoms with Crippen molar-refractivity contribution in [2.75, 3.05) is 4.90 Å². The molecule has 1 amide bonds. The molecule has 0 unspecified atom stereocenters. The molecule has 1 atom stereocenters. The summed E-state index contributed by atoms with van der Waals surface area (Å²) in [5.74, 6) is -0.531. The van der Waals surface area contributed by atoms with Crippen molar-refractivity contribution in [2.45, 2.75) is 19.5 Å². The number of thiol groups is 1. The van der Waals surface area contributed by atoms with E-state index >= 15 is 0 Å². The van der Waals surface area contributed by atoms with Crippen molar-refractivity contribution in [3.8, 4) is 6.07 Å². The highest BCUT2D eigenvalue weighted by Crippen LogP contribution is 2.37. The first-order valence-corrected chi connectivity index (χ1v) is 8.68. The number of benzene rings is 2. The molecule has 0 spiro atoms. The fourth-order valence-corrected chi connectivity index (χ4v) is 3.39. The molecule has 1 N–H and O–H groups in total. The molecule has 1 heterocycles. The van der Waals surface area contributed by atoms with Crippen LogP contribution in [0.1, 0.15) is 24.2 Å². The molecule has 7 nitrogen and oxygen atoms in total. The minimum absolute atomic E-state index is 0.0410. The van der Waals surface area contributed by atoms with Crippen LogP contribution >= 0.6 is 12.6 Å². The van der Waals surface area contributed by atoms with Crippen molar-refractivity contribution in [1.82, 2.24) is 5.32 Å². The lowest BCUT2D eigenvalue weighted by Crippen LogP contribution is -2.46. The monoisotopic (exact) mass is 380 g/mol. The van der Waals surface area contributed by atoms with Crippen LogP contribution in [0.5, 0.6) is 0 Å². The van der Waals surface area contributed by atoms with E-state index in [9.17, 15) is 20.2 Å². The summed E-state index contributed by atoms with van der Waals surface area (Å²) in [6.45, 7) is 2.01. The Morgan fingerprint density at radius 3 is 2.52 bits per heavy atom. The van der Waals surface area contributed by atoms with E-state index in [0.29, 0.717) is 5.56 Å². The number of para-hydroxylation sites is 1. The molecule has 0 bridgehead atoms. The number of aryl methyl sites for hydroxylation is 1. The Labute approximate surface area is 161 Å². The second-order valence-electron chi connectivity index (χ2n) is 5.89. The van der Waals surface area contributed by atoms with Crippen molar-refractivity contribution < 1.29 is 9.72 Å². The number of nitriles is 1. The van der Waals surface area contributed by atoms with Crippen LogP contribution in [-0.2, 0) is 11.2 Å². The lowest BCUT2D eigenvalue weighted by molar-refractivity contribution is -0.384. The number of nitro groups is 1. The zero-order valence-electron chi connectivity index (χ0n) is 14.4. The maximum absolute atomic E-state index is 12.4. The molecular formula is C19H16N4O3S. The van der Waals surface area contributed by atoms with Crippen molar-refractivity contribution in [3.05, 3.63) is 80.4 Å². The van der Waals surface area contributed by atoms with E-state index in [-0.39, 0.29) is 16.3 Å². The molecule has 8 heteroatoms. The Kier molecular flexibility index (Phi) is 5.14. The number of nitrogens with one attached hydrogen (secondary N) is 1. The molecule has 0 aliphatic carbocycles. The third kappa shape index (κ3) is 3.37. The van der Waals surface area contributed by atoms with Gasteiger partial charge in [0.05, 0.1) is 9.95 Å². The van der Waals surface area contributed by atoms with Crippen LogP contribution in [0, 0.1) is 21.4 Å². The quantitative estimate of drug-likeness (QED) is 0.481. The number of non-ortho nitro benzene ring substituents is 1. The molecule has 2 aromatic rings. The van der Waals surface area contributed by atoms with Gasteiger partial charge in [0.1, 0.15) is 17.8 Å². The van der Waals surface area contributed by atoms with Gasteiger partial charge in [0.2, 0.25) is 0 Å². The predicted molar refractivity (Wildman–Crippen MR) is 104 cm³/mol. The Morgan fingerprint density at radius 2 is 1.93 bits per heavy atom. The largest absolute Gasteiger partial charge is 0.327 e. The van der Waals surface area contributed by atoms with Gasteiger partial charge < -0.3 is 10.2 Å². The van der Waals surface area contributed by atoms with Gasteiger partial charge in [-0.1, -0.05) is 25.1 Å². The van der Waals surface area contributed by atoms with Crippen molar-refractivity contribution in [3.63, 3.8) is 0 Å². The summed E-state index contributed by atoms with van der Waals surface area (Å²) in [7, 11) is 0. The fourth-order valence-electron chi connectivity index (χ4n) is 3.01. The average molecular weight is 380 g/mol. The molecule has 0 saturated heterocycles. The summed E-state index contributed by atoms with van der Waals surface area (Å²) in [4.78, 5) is 24.6. The standard InChI is InChI=1S/C19H16N4O3S/c1-2-12-5-3-4-6-16(12)22-17(21-18(24)15(11-20)19(22)27)13-7-9-14(10-8-13)23(25)26/h3-10,17,27H,2H2,1H3,(H,21,24)/t17-/m1/s1. The lowest BCUT2D eigenvalue weighted by Gasteiger charge is -2.38. The second-order valence-corrected chi connectivity index (χ2v) is 6.31. The molecule has 1 aliphatic rings. The molecule has 0 fully saturated rings. The number of hydrogen-bond acceptors (Lipinski definition) is 6. The van der Waals surface area contributed by atoms with Gasteiger partial charge in [-0.2, -0.15) is 5.26 Å². The van der Waals surface area contributed by atoms with Gasteiger partial charge in [0, 0.05) is 17.8 Å². The Hall–Kier alpha value is -3.31. The van der Waals surface area contributed by atoms with Crippen LogP contribution in [0.4, 0.5) is 11.4 Å². The van der Waals surface area contributed by atoms with Gasteiger partial charge in [-0.25, -0.2) is 0 Å². The van der Waals surface area contributed by atoms with Gasteiger partial charge in [-0.3, -0.25) is 14.9 Å². The number of nitro benzene ring substituents is 1. The fraction of sp³-hybridized carbons (Fsp3) is 0.158. The minimum Gasteiger partial charge on any atom is -0.327 e. The first-order chi connectivity index (χ1) is 13.0. The molecule has 3 rings (SSSR count). The Balaban J connectivity index is 2.16. The first kappa shape index (κ1) is 18.5. The average Bonchev–Trinajstić information content (AvgIpc) is 2.68. The molecule has 136 valence electrons. The first-order valence-electron chi connectivity index (χ1n) is 8.23. The number of carbonyl (C=O) groups is 1. The van der Waals surface area contributed by atoms with E-state index < -0.39 is 17.0 Å². The van der Waals surface area contributed by atoms with Gasteiger partial charge in [0.25, 0.3) is 11.6 Å². The molecule has 0 saturated carbocycles. The molecule has 2 aromatic carbocycles. The van der Waals surface area contributed by atoms with Crippen LogP contribution in [-0.4, -0.2) is 10.8 Å². The highest BCUT2D eigenvalue weighted by Gasteiger charge is 2.34. The van der Waals surface area contributed by atoms with Crippen LogP contribution in [0.2, 0.25) is 0 Å². The molecular weight excluding hydrogens is 364 g/mol. The third-order valence-electron chi connectivity index (χ3n) is 4.37. The van der Waals surface area contributed by atoms with Crippen LogP contribution < -0.4 is 10.2 Å². The summed E-state index contributed by atoms with van der Waals surface area (Å²) in [6, 6.07) is 15.5. The van der Waals surface area contributed by atoms with Gasteiger partial charge in [-0.05, 0) is 35.7 Å². The zero-order valence-corrected chi connectivity index (χ0v) is 15.3. The summed E-state index contributed by atoms with van der Waals surface area (Å²) in [5, 5.41) is 23.3. The molecule has 1 aliphatic heterocycles. The zero-order chi connectivity index (χ0) is 19.6. The lowest BCUT2D eigenvalue weighted by atomic mass is 10.0. The van der Waals surface area contributed by atoms with Crippen LogP contribution in [0.15, 0.2) is 59.1 Å². The Morgan fingerprint density at radius 1 is 1.26 bits per heavy atom. The summed E-state index contributed by atoms with van der Waals surface area (Å²) < 4.78 is 0. The van der Waals surface area contributed by atoms with E-state index in [4.69, 9.17) is 0 Å². The van der Waals surface area contributed by atoms with Crippen LogP contribution in [0.25, 0.3) is 0 Å². The van der Waals surface area contributed by atoms with Crippen molar-refractivity contribution in [1.29, 1.82) is 5.26 Å².